The van der Waals surface area contributed by atoms with Crippen molar-refractivity contribution < 1.29 is 0 Å². The first-order valence-electron chi connectivity index (χ1n) is 7.56. The third kappa shape index (κ3) is 3.44. The number of benzene rings is 1. The van der Waals surface area contributed by atoms with E-state index in [9.17, 15) is 0 Å². The van der Waals surface area contributed by atoms with Gasteiger partial charge in [0.15, 0.2) is 0 Å². The molecule has 1 aliphatic carbocycles. The van der Waals surface area contributed by atoms with Crippen LogP contribution < -0.4 is 11.1 Å². The van der Waals surface area contributed by atoms with Crippen LogP contribution >= 0.6 is 15.9 Å². The SMILES string of the molecule is Cc1ccc(Br)cc1C(C)(C)CNCC1(CN)CCC1. The largest absolute Gasteiger partial charge is 0.330 e. The first-order valence-corrected chi connectivity index (χ1v) is 8.35. The summed E-state index contributed by atoms with van der Waals surface area (Å²) in [7, 11) is 0. The van der Waals surface area contributed by atoms with Crippen molar-refractivity contribution in [3.8, 4) is 0 Å². The molecule has 1 saturated carbocycles. The summed E-state index contributed by atoms with van der Waals surface area (Å²) in [5, 5.41) is 3.67. The first-order chi connectivity index (χ1) is 9.38. The van der Waals surface area contributed by atoms with E-state index < -0.39 is 0 Å². The van der Waals surface area contributed by atoms with Crippen LogP contribution in [0.1, 0.15) is 44.2 Å². The van der Waals surface area contributed by atoms with Crippen molar-refractivity contribution in [2.45, 2.75) is 45.4 Å². The number of halogens is 1. The number of nitrogens with one attached hydrogen (secondary N) is 1. The third-order valence-electron chi connectivity index (χ3n) is 4.84. The first kappa shape index (κ1) is 16.0. The second-order valence-corrected chi connectivity index (χ2v) is 7.92. The molecule has 0 amide bonds. The van der Waals surface area contributed by atoms with Gasteiger partial charge in [-0.15, -0.1) is 0 Å². The molecule has 0 aliphatic heterocycles. The van der Waals surface area contributed by atoms with E-state index in [0.717, 1.165) is 24.1 Å². The van der Waals surface area contributed by atoms with Gasteiger partial charge in [0.05, 0.1) is 0 Å². The maximum Gasteiger partial charge on any atom is 0.0178 e. The molecule has 112 valence electrons. The van der Waals surface area contributed by atoms with Crippen LogP contribution in [0.5, 0.6) is 0 Å². The van der Waals surface area contributed by atoms with Crippen LogP contribution in [0.3, 0.4) is 0 Å². The summed E-state index contributed by atoms with van der Waals surface area (Å²) in [6.07, 6.45) is 3.91. The molecule has 1 aromatic rings. The summed E-state index contributed by atoms with van der Waals surface area (Å²) in [6, 6.07) is 6.55. The number of hydrogen-bond acceptors (Lipinski definition) is 2. The quantitative estimate of drug-likeness (QED) is 0.828. The van der Waals surface area contributed by atoms with Crippen molar-refractivity contribution in [2.24, 2.45) is 11.1 Å². The van der Waals surface area contributed by atoms with Crippen LogP contribution in [-0.4, -0.2) is 19.6 Å². The van der Waals surface area contributed by atoms with Gasteiger partial charge in [-0.05, 0) is 55.0 Å². The van der Waals surface area contributed by atoms with Crippen molar-refractivity contribution in [1.82, 2.24) is 5.32 Å². The predicted molar refractivity (Wildman–Crippen MR) is 90.1 cm³/mol. The van der Waals surface area contributed by atoms with Gasteiger partial charge in [-0.3, -0.25) is 0 Å². The molecule has 3 heteroatoms. The Morgan fingerprint density at radius 3 is 2.60 bits per heavy atom. The molecular formula is C17H27BrN2. The fourth-order valence-corrected chi connectivity index (χ4v) is 3.55. The molecule has 0 atom stereocenters. The van der Waals surface area contributed by atoms with E-state index in [1.54, 1.807) is 0 Å². The van der Waals surface area contributed by atoms with Crippen molar-refractivity contribution in [1.29, 1.82) is 0 Å². The Morgan fingerprint density at radius 1 is 1.35 bits per heavy atom. The number of nitrogens with two attached hydrogens (primary N) is 1. The lowest BCUT2D eigenvalue weighted by Crippen LogP contribution is -2.47. The second kappa shape index (κ2) is 6.17. The van der Waals surface area contributed by atoms with Crippen LogP contribution in [0.15, 0.2) is 22.7 Å². The fourth-order valence-electron chi connectivity index (χ4n) is 3.19. The molecule has 1 aromatic carbocycles. The lowest BCUT2D eigenvalue weighted by atomic mass is 9.68. The molecule has 0 bridgehead atoms. The standard InChI is InChI=1S/C17H27BrN2/c1-13-5-6-14(18)9-15(13)16(2,3)11-20-12-17(10-19)7-4-8-17/h5-6,9,20H,4,7-8,10-12,19H2,1-3H3. The van der Waals surface area contributed by atoms with Gasteiger partial charge in [0.1, 0.15) is 0 Å². The molecule has 0 aromatic heterocycles. The van der Waals surface area contributed by atoms with Crippen LogP contribution in [0.2, 0.25) is 0 Å². The van der Waals surface area contributed by atoms with Gasteiger partial charge >= 0.3 is 0 Å². The van der Waals surface area contributed by atoms with Crippen LogP contribution in [0, 0.1) is 12.3 Å². The fraction of sp³-hybridized carbons (Fsp3) is 0.647. The number of aryl methyl sites for hydroxylation is 1. The van der Waals surface area contributed by atoms with Gasteiger partial charge < -0.3 is 11.1 Å². The van der Waals surface area contributed by atoms with Crippen LogP contribution in [-0.2, 0) is 5.41 Å². The predicted octanol–water partition coefficient (Wildman–Crippen LogP) is 3.75. The zero-order valence-corrected chi connectivity index (χ0v) is 14.5. The van der Waals surface area contributed by atoms with Gasteiger partial charge in [-0.25, -0.2) is 0 Å². The van der Waals surface area contributed by atoms with Gasteiger partial charge in [-0.2, -0.15) is 0 Å². The summed E-state index contributed by atoms with van der Waals surface area (Å²) in [5.74, 6) is 0. The highest BCUT2D eigenvalue weighted by Gasteiger charge is 2.35. The molecule has 0 heterocycles. The average molecular weight is 339 g/mol. The van der Waals surface area contributed by atoms with E-state index in [-0.39, 0.29) is 5.41 Å². The van der Waals surface area contributed by atoms with Crippen molar-refractivity contribution in [2.75, 3.05) is 19.6 Å². The van der Waals surface area contributed by atoms with E-state index in [1.165, 1.54) is 30.4 Å². The monoisotopic (exact) mass is 338 g/mol. The summed E-state index contributed by atoms with van der Waals surface area (Å²) in [5.41, 5.74) is 9.21. The van der Waals surface area contributed by atoms with Gasteiger partial charge in [0, 0.05) is 23.0 Å². The highest BCUT2D eigenvalue weighted by molar-refractivity contribution is 9.10. The molecule has 2 rings (SSSR count). The Morgan fingerprint density at radius 2 is 2.05 bits per heavy atom. The molecular weight excluding hydrogens is 312 g/mol. The lowest BCUT2D eigenvalue weighted by Gasteiger charge is -2.42. The van der Waals surface area contributed by atoms with E-state index >= 15 is 0 Å². The van der Waals surface area contributed by atoms with Crippen molar-refractivity contribution in [3.05, 3.63) is 33.8 Å². The smallest absolute Gasteiger partial charge is 0.0178 e. The van der Waals surface area contributed by atoms with Crippen LogP contribution in [0.25, 0.3) is 0 Å². The molecule has 20 heavy (non-hydrogen) atoms. The summed E-state index contributed by atoms with van der Waals surface area (Å²) < 4.78 is 1.16. The minimum absolute atomic E-state index is 0.132. The second-order valence-electron chi connectivity index (χ2n) is 7.00. The zero-order chi connectivity index (χ0) is 14.8. The molecule has 1 aliphatic rings. The maximum atomic E-state index is 5.93. The van der Waals surface area contributed by atoms with E-state index in [1.807, 2.05) is 0 Å². The summed E-state index contributed by atoms with van der Waals surface area (Å²) >= 11 is 3.58. The highest BCUT2D eigenvalue weighted by atomic mass is 79.9. The van der Waals surface area contributed by atoms with Crippen LogP contribution in [0.4, 0.5) is 0 Å². The summed E-state index contributed by atoms with van der Waals surface area (Å²) in [4.78, 5) is 0. The molecule has 0 unspecified atom stereocenters. The lowest BCUT2D eigenvalue weighted by molar-refractivity contribution is 0.138. The van der Waals surface area contributed by atoms with Crippen molar-refractivity contribution >= 4 is 15.9 Å². The Labute approximate surface area is 131 Å². The topological polar surface area (TPSA) is 38.0 Å². The molecule has 1 fully saturated rings. The number of rotatable bonds is 6. The molecule has 2 nitrogen and oxygen atoms in total. The third-order valence-corrected chi connectivity index (χ3v) is 5.34. The molecule has 0 radical (unpaired) electrons. The zero-order valence-electron chi connectivity index (χ0n) is 12.9. The Balaban J connectivity index is 1.98. The Kier molecular flexibility index (Phi) is 4.93. The molecule has 0 saturated heterocycles. The Hall–Kier alpha value is -0.380. The normalized spacial score (nSPS) is 17.9. The highest BCUT2D eigenvalue weighted by Crippen LogP contribution is 2.39. The van der Waals surface area contributed by atoms with Gasteiger partial charge in [-0.1, -0.05) is 42.3 Å². The molecule has 3 N–H and O–H groups in total. The number of hydrogen-bond donors (Lipinski definition) is 2. The minimum Gasteiger partial charge on any atom is -0.330 e. The van der Waals surface area contributed by atoms with E-state index in [0.29, 0.717) is 5.41 Å². The summed E-state index contributed by atoms with van der Waals surface area (Å²) in [6.45, 7) is 9.68. The maximum absolute atomic E-state index is 5.93. The minimum atomic E-state index is 0.132. The average Bonchev–Trinajstić information content (AvgIpc) is 2.35. The van der Waals surface area contributed by atoms with Gasteiger partial charge in [0.25, 0.3) is 0 Å². The van der Waals surface area contributed by atoms with Crippen molar-refractivity contribution in [3.63, 3.8) is 0 Å². The molecule has 0 spiro atoms. The van der Waals surface area contributed by atoms with Gasteiger partial charge in [0.2, 0.25) is 0 Å². The van der Waals surface area contributed by atoms with E-state index in [4.69, 9.17) is 5.73 Å². The van der Waals surface area contributed by atoms with E-state index in [2.05, 4.69) is 60.2 Å². The Bertz CT molecular complexity index is 459.